The van der Waals surface area contributed by atoms with Gasteiger partial charge in [0.15, 0.2) is 5.96 Å². The van der Waals surface area contributed by atoms with Crippen LogP contribution in [0, 0.1) is 0 Å². The topological polar surface area (TPSA) is 56.5 Å². The lowest BCUT2D eigenvalue weighted by Gasteiger charge is -2.32. The maximum absolute atomic E-state index is 5.76. The molecule has 1 aromatic rings. The molecule has 0 aliphatic carbocycles. The standard InChI is InChI=1S/C21H35N5O2.HI/c1-2-22-21(26-10-7-18(17-26)24-11-14-27-15-12-24)23-16-19(20-6-5-13-28-20)25-8-3-4-9-25;/h5-6,13,18-19H,2-4,7-12,14-17H2,1H3,(H,22,23);1H. The van der Waals surface area contributed by atoms with E-state index in [1.807, 2.05) is 6.07 Å². The molecular formula is C21H36IN5O2. The molecule has 0 aromatic carbocycles. The van der Waals surface area contributed by atoms with E-state index in [9.17, 15) is 0 Å². The van der Waals surface area contributed by atoms with Gasteiger partial charge in [0, 0.05) is 38.8 Å². The summed E-state index contributed by atoms with van der Waals surface area (Å²) in [7, 11) is 0. The summed E-state index contributed by atoms with van der Waals surface area (Å²) in [6, 6.07) is 4.94. The predicted octanol–water partition coefficient (Wildman–Crippen LogP) is 2.41. The summed E-state index contributed by atoms with van der Waals surface area (Å²) in [5.74, 6) is 2.09. The van der Waals surface area contributed by atoms with Crippen LogP contribution in [0.15, 0.2) is 27.8 Å². The van der Waals surface area contributed by atoms with E-state index in [-0.39, 0.29) is 30.0 Å². The van der Waals surface area contributed by atoms with Gasteiger partial charge in [-0.05, 0) is 51.4 Å². The maximum atomic E-state index is 5.76. The monoisotopic (exact) mass is 517 g/mol. The minimum absolute atomic E-state index is 0. The molecule has 4 rings (SSSR count). The lowest BCUT2D eigenvalue weighted by Crippen LogP contribution is -2.46. The normalized spacial score (nSPS) is 25.2. The van der Waals surface area contributed by atoms with Crippen molar-refractivity contribution in [2.75, 3.05) is 65.6 Å². The van der Waals surface area contributed by atoms with Crippen molar-refractivity contribution in [1.29, 1.82) is 0 Å². The van der Waals surface area contributed by atoms with Gasteiger partial charge in [-0.25, -0.2) is 0 Å². The third-order valence-corrected chi connectivity index (χ3v) is 6.23. The van der Waals surface area contributed by atoms with Crippen molar-refractivity contribution in [2.24, 2.45) is 4.99 Å². The number of guanidine groups is 1. The summed E-state index contributed by atoms with van der Waals surface area (Å²) < 4.78 is 11.3. The molecule has 2 unspecified atom stereocenters. The first kappa shape index (κ1) is 22.8. The molecule has 29 heavy (non-hydrogen) atoms. The summed E-state index contributed by atoms with van der Waals surface area (Å²) >= 11 is 0. The second-order valence-electron chi connectivity index (χ2n) is 8.01. The summed E-state index contributed by atoms with van der Waals surface area (Å²) in [4.78, 5) is 12.6. The van der Waals surface area contributed by atoms with Crippen LogP contribution in [-0.4, -0.2) is 92.3 Å². The molecule has 1 N–H and O–H groups in total. The van der Waals surface area contributed by atoms with Gasteiger partial charge in [-0.3, -0.25) is 14.8 Å². The molecule has 0 spiro atoms. The third kappa shape index (κ3) is 5.86. The van der Waals surface area contributed by atoms with Gasteiger partial charge in [-0.2, -0.15) is 0 Å². The van der Waals surface area contributed by atoms with Gasteiger partial charge in [0.2, 0.25) is 0 Å². The second kappa shape index (κ2) is 11.5. The number of morpholine rings is 1. The van der Waals surface area contributed by atoms with E-state index in [2.05, 4.69) is 33.0 Å². The van der Waals surface area contributed by atoms with Gasteiger partial charge in [0.1, 0.15) is 5.76 Å². The number of rotatable bonds is 6. The molecule has 0 amide bonds. The Morgan fingerprint density at radius 2 is 2.00 bits per heavy atom. The minimum atomic E-state index is 0. The molecule has 4 heterocycles. The first-order valence-corrected chi connectivity index (χ1v) is 11.0. The van der Waals surface area contributed by atoms with Gasteiger partial charge in [0.25, 0.3) is 0 Å². The van der Waals surface area contributed by atoms with Gasteiger partial charge in [0.05, 0.1) is 32.1 Å². The Hall–Kier alpha value is -0.840. The molecular weight excluding hydrogens is 481 g/mol. The fourth-order valence-electron chi connectivity index (χ4n) is 4.69. The average molecular weight is 517 g/mol. The van der Waals surface area contributed by atoms with Gasteiger partial charge < -0.3 is 19.4 Å². The van der Waals surface area contributed by atoms with Crippen LogP contribution >= 0.6 is 24.0 Å². The molecule has 3 saturated heterocycles. The molecule has 7 nitrogen and oxygen atoms in total. The van der Waals surface area contributed by atoms with Gasteiger partial charge in [-0.15, -0.1) is 24.0 Å². The van der Waals surface area contributed by atoms with Crippen LogP contribution in [0.5, 0.6) is 0 Å². The number of nitrogens with zero attached hydrogens (tertiary/aromatic N) is 4. The lowest BCUT2D eigenvalue weighted by atomic mass is 10.2. The summed E-state index contributed by atoms with van der Waals surface area (Å²) in [5.41, 5.74) is 0. The van der Waals surface area contributed by atoms with Gasteiger partial charge in [-0.1, -0.05) is 0 Å². The van der Waals surface area contributed by atoms with E-state index in [0.29, 0.717) is 6.04 Å². The van der Waals surface area contributed by atoms with Crippen molar-refractivity contribution in [2.45, 2.75) is 38.3 Å². The average Bonchev–Trinajstić information content (AvgIpc) is 3.51. The van der Waals surface area contributed by atoms with Crippen molar-refractivity contribution in [3.8, 4) is 0 Å². The summed E-state index contributed by atoms with van der Waals surface area (Å²) in [6.07, 6.45) is 5.53. The maximum Gasteiger partial charge on any atom is 0.194 e. The molecule has 8 heteroatoms. The molecule has 2 atom stereocenters. The van der Waals surface area contributed by atoms with E-state index in [1.165, 1.54) is 19.3 Å². The molecule has 3 aliphatic rings. The second-order valence-corrected chi connectivity index (χ2v) is 8.01. The molecule has 164 valence electrons. The quantitative estimate of drug-likeness (QED) is 0.356. The van der Waals surface area contributed by atoms with Crippen molar-refractivity contribution in [3.05, 3.63) is 24.2 Å². The van der Waals surface area contributed by atoms with Crippen LogP contribution in [0.1, 0.15) is 38.0 Å². The summed E-state index contributed by atoms with van der Waals surface area (Å²) in [6.45, 7) is 12.0. The number of ether oxygens (including phenoxy) is 1. The van der Waals surface area contributed by atoms with Crippen molar-refractivity contribution in [1.82, 2.24) is 20.0 Å². The van der Waals surface area contributed by atoms with Crippen molar-refractivity contribution in [3.63, 3.8) is 0 Å². The smallest absolute Gasteiger partial charge is 0.194 e. The molecule has 0 saturated carbocycles. The number of hydrogen-bond donors (Lipinski definition) is 1. The summed E-state index contributed by atoms with van der Waals surface area (Å²) in [5, 5.41) is 3.52. The predicted molar refractivity (Wildman–Crippen MR) is 126 cm³/mol. The Bertz CT molecular complexity index is 615. The molecule has 0 bridgehead atoms. The SMILES string of the molecule is CCNC(=NCC(c1ccco1)N1CCCC1)N1CCC(N2CCOCC2)C1.I. The minimum Gasteiger partial charge on any atom is -0.468 e. The largest absolute Gasteiger partial charge is 0.468 e. The van der Waals surface area contributed by atoms with Crippen LogP contribution in [0.25, 0.3) is 0 Å². The van der Waals surface area contributed by atoms with Gasteiger partial charge >= 0.3 is 0 Å². The number of furan rings is 1. The Morgan fingerprint density at radius 3 is 2.69 bits per heavy atom. The number of halogens is 1. The first-order chi connectivity index (χ1) is 13.8. The van der Waals surface area contributed by atoms with Crippen LogP contribution in [-0.2, 0) is 4.74 Å². The Balaban J connectivity index is 0.00000240. The fraction of sp³-hybridized carbons (Fsp3) is 0.762. The van der Waals surface area contributed by atoms with E-state index >= 15 is 0 Å². The lowest BCUT2D eigenvalue weighted by molar-refractivity contribution is 0.0195. The zero-order valence-electron chi connectivity index (χ0n) is 17.6. The Kier molecular flexibility index (Phi) is 9.08. The highest BCUT2D eigenvalue weighted by Crippen LogP contribution is 2.26. The van der Waals surface area contributed by atoms with E-state index in [0.717, 1.165) is 77.3 Å². The third-order valence-electron chi connectivity index (χ3n) is 6.23. The number of hydrogen-bond acceptors (Lipinski definition) is 5. The van der Waals surface area contributed by atoms with E-state index in [1.54, 1.807) is 6.26 Å². The number of nitrogens with one attached hydrogen (secondary N) is 1. The first-order valence-electron chi connectivity index (χ1n) is 11.0. The Morgan fingerprint density at radius 1 is 1.21 bits per heavy atom. The van der Waals surface area contributed by atoms with E-state index < -0.39 is 0 Å². The van der Waals surface area contributed by atoms with Crippen LogP contribution in [0.4, 0.5) is 0 Å². The highest BCUT2D eigenvalue weighted by molar-refractivity contribution is 14.0. The van der Waals surface area contributed by atoms with Crippen molar-refractivity contribution < 1.29 is 9.15 Å². The number of likely N-dealkylation sites (tertiary alicyclic amines) is 2. The number of aliphatic imine (C=N–C) groups is 1. The molecule has 1 aromatic heterocycles. The van der Waals surface area contributed by atoms with Crippen LogP contribution < -0.4 is 5.32 Å². The molecule has 3 fully saturated rings. The zero-order chi connectivity index (χ0) is 19.2. The molecule has 0 radical (unpaired) electrons. The highest BCUT2D eigenvalue weighted by Gasteiger charge is 2.31. The zero-order valence-corrected chi connectivity index (χ0v) is 19.9. The van der Waals surface area contributed by atoms with Crippen LogP contribution in [0.3, 0.4) is 0 Å². The van der Waals surface area contributed by atoms with E-state index in [4.69, 9.17) is 14.1 Å². The molecule has 3 aliphatic heterocycles. The van der Waals surface area contributed by atoms with Crippen LogP contribution in [0.2, 0.25) is 0 Å². The fourth-order valence-corrected chi connectivity index (χ4v) is 4.69. The highest BCUT2D eigenvalue weighted by atomic mass is 127. The Labute approximate surface area is 191 Å². The van der Waals surface area contributed by atoms with Crippen molar-refractivity contribution >= 4 is 29.9 Å².